The molecule has 0 aliphatic rings. The second kappa shape index (κ2) is 4.96. The fraction of sp³-hybridized carbons (Fsp3) is 0.545. The standard InChI is InChI=1S/C11H18N2O/c1-5-8(2)6-12-7-11-13-9(3)10(4)14-11/h12H,2,5-7H2,1,3-4H3. The van der Waals surface area contributed by atoms with Crippen LogP contribution in [0.5, 0.6) is 0 Å². The second-order valence-corrected chi connectivity index (χ2v) is 3.46. The topological polar surface area (TPSA) is 38.1 Å². The van der Waals surface area contributed by atoms with Crippen molar-refractivity contribution in [3.63, 3.8) is 0 Å². The molecule has 0 amide bonds. The van der Waals surface area contributed by atoms with Crippen LogP contribution >= 0.6 is 0 Å². The highest BCUT2D eigenvalue weighted by Crippen LogP contribution is 2.07. The molecule has 0 fully saturated rings. The molecule has 1 aromatic heterocycles. The number of aryl methyl sites for hydroxylation is 2. The second-order valence-electron chi connectivity index (χ2n) is 3.46. The molecule has 0 radical (unpaired) electrons. The van der Waals surface area contributed by atoms with Crippen LogP contribution in [0, 0.1) is 13.8 Å². The third kappa shape index (κ3) is 3.00. The molecule has 0 spiro atoms. The van der Waals surface area contributed by atoms with Gasteiger partial charge in [0.2, 0.25) is 5.89 Å². The molecular weight excluding hydrogens is 176 g/mol. The number of hydrogen-bond acceptors (Lipinski definition) is 3. The molecule has 0 unspecified atom stereocenters. The van der Waals surface area contributed by atoms with Crippen molar-refractivity contribution in [2.45, 2.75) is 33.7 Å². The fourth-order valence-corrected chi connectivity index (χ4v) is 1.09. The Balaban J connectivity index is 2.35. The summed E-state index contributed by atoms with van der Waals surface area (Å²) in [5.41, 5.74) is 2.17. The molecule has 1 N–H and O–H groups in total. The van der Waals surface area contributed by atoms with Crippen molar-refractivity contribution in [3.8, 4) is 0 Å². The van der Waals surface area contributed by atoms with Gasteiger partial charge >= 0.3 is 0 Å². The minimum absolute atomic E-state index is 0.674. The van der Waals surface area contributed by atoms with E-state index in [9.17, 15) is 0 Å². The number of oxazole rings is 1. The van der Waals surface area contributed by atoms with Crippen molar-refractivity contribution in [2.24, 2.45) is 0 Å². The minimum atomic E-state index is 0.674. The summed E-state index contributed by atoms with van der Waals surface area (Å²) in [5.74, 6) is 1.65. The lowest BCUT2D eigenvalue weighted by Gasteiger charge is -2.02. The molecule has 0 aliphatic carbocycles. The van der Waals surface area contributed by atoms with Crippen LogP contribution in [-0.2, 0) is 6.54 Å². The van der Waals surface area contributed by atoms with Gasteiger partial charge in [-0.25, -0.2) is 4.98 Å². The Labute approximate surface area is 85.2 Å². The van der Waals surface area contributed by atoms with E-state index in [4.69, 9.17) is 4.42 Å². The molecule has 0 saturated carbocycles. The summed E-state index contributed by atoms with van der Waals surface area (Å²) in [5, 5.41) is 3.24. The molecule has 1 aromatic rings. The van der Waals surface area contributed by atoms with E-state index in [0.29, 0.717) is 6.54 Å². The first-order valence-electron chi connectivity index (χ1n) is 4.93. The molecule has 0 aliphatic heterocycles. The van der Waals surface area contributed by atoms with Crippen LogP contribution in [0.2, 0.25) is 0 Å². The Morgan fingerprint density at radius 1 is 1.50 bits per heavy atom. The lowest BCUT2D eigenvalue weighted by Crippen LogP contribution is -2.16. The van der Waals surface area contributed by atoms with Gasteiger partial charge in [0.1, 0.15) is 5.76 Å². The van der Waals surface area contributed by atoms with Gasteiger partial charge in [-0.1, -0.05) is 19.1 Å². The molecule has 0 bridgehead atoms. The molecule has 1 rings (SSSR count). The highest BCUT2D eigenvalue weighted by molar-refractivity contribution is 5.05. The van der Waals surface area contributed by atoms with Crippen molar-refractivity contribution in [1.82, 2.24) is 10.3 Å². The largest absolute Gasteiger partial charge is 0.444 e. The quantitative estimate of drug-likeness (QED) is 0.731. The Kier molecular flexibility index (Phi) is 3.89. The molecule has 1 heterocycles. The zero-order chi connectivity index (χ0) is 10.6. The van der Waals surface area contributed by atoms with Gasteiger partial charge in [0.15, 0.2) is 0 Å². The van der Waals surface area contributed by atoms with E-state index in [2.05, 4.69) is 23.8 Å². The van der Waals surface area contributed by atoms with Crippen molar-refractivity contribution < 1.29 is 4.42 Å². The summed E-state index contributed by atoms with van der Waals surface area (Å²) in [4.78, 5) is 4.27. The first-order valence-corrected chi connectivity index (χ1v) is 4.93. The lowest BCUT2D eigenvalue weighted by molar-refractivity contribution is 0.453. The van der Waals surface area contributed by atoms with Gasteiger partial charge in [0, 0.05) is 6.54 Å². The maximum Gasteiger partial charge on any atom is 0.208 e. The molecule has 3 heteroatoms. The van der Waals surface area contributed by atoms with Crippen molar-refractivity contribution in [1.29, 1.82) is 0 Å². The molecular formula is C11H18N2O. The molecule has 14 heavy (non-hydrogen) atoms. The van der Waals surface area contributed by atoms with Crippen molar-refractivity contribution >= 4 is 0 Å². The summed E-state index contributed by atoms with van der Waals surface area (Å²) >= 11 is 0. The predicted molar refractivity (Wildman–Crippen MR) is 57.1 cm³/mol. The highest BCUT2D eigenvalue weighted by Gasteiger charge is 2.04. The monoisotopic (exact) mass is 194 g/mol. The highest BCUT2D eigenvalue weighted by atomic mass is 16.4. The molecule has 78 valence electrons. The number of nitrogens with one attached hydrogen (secondary N) is 1. The molecule has 0 atom stereocenters. The van der Waals surface area contributed by atoms with Crippen LogP contribution in [0.3, 0.4) is 0 Å². The van der Waals surface area contributed by atoms with Gasteiger partial charge in [-0.15, -0.1) is 0 Å². The summed E-state index contributed by atoms with van der Waals surface area (Å²) in [6, 6.07) is 0. The van der Waals surface area contributed by atoms with Crippen LogP contribution in [0.1, 0.15) is 30.7 Å². The van der Waals surface area contributed by atoms with Crippen LogP contribution in [0.4, 0.5) is 0 Å². The lowest BCUT2D eigenvalue weighted by atomic mass is 10.2. The van der Waals surface area contributed by atoms with Gasteiger partial charge in [-0.05, 0) is 20.3 Å². The summed E-state index contributed by atoms with van der Waals surface area (Å²) in [6.07, 6.45) is 1.01. The van der Waals surface area contributed by atoms with Gasteiger partial charge in [-0.3, -0.25) is 0 Å². The summed E-state index contributed by atoms with van der Waals surface area (Å²) < 4.78 is 5.43. The van der Waals surface area contributed by atoms with E-state index in [1.807, 2.05) is 13.8 Å². The summed E-state index contributed by atoms with van der Waals surface area (Å²) in [6.45, 7) is 11.4. The summed E-state index contributed by atoms with van der Waals surface area (Å²) in [7, 11) is 0. The Bertz CT molecular complexity index is 296. The maximum atomic E-state index is 5.43. The van der Waals surface area contributed by atoms with Gasteiger partial charge in [0.25, 0.3) is 0 Å². The van der Waals surface area contributed by atoms with Gasteiger partial charge in [-0.2, -0.15) is 0 Å². The van der Waals surface area contributed by atoms with E-state index >= 15 is 0 Å². The third-order valence-corrected chi connectivity index (χ3v) is 2.22. The average Bonchev–Trinajstić information content (AvgIpc) is 2.46. The normalized spacial score (nSPS) is 10.5. The number of hydrogen-bond donors (Lipinski definition) is 1. The number of rotatable bonds is 5. The predicted octanol–water partition coefficient (Wildman–Crippen LogP) is 2.35. The molecule has 3 nitrogen and oxygen atoms in total. The average molecular weight is 194 g/mol. The Morgan fingerprint density at radius 3 is 2.71 bits per heavy atom. The van der Waals surface area contributed by atoms with Crippen LogP contribution in [0.15, 0.2) is 16.6 Å². The minimum Gasteiger partial charge on any atom is -0.444 e. The maximum absolute atomic E-state index is 5.43. The first-order chi connectivity index (χ1) is 6.63. The zero-order valence-electron chi connectivity index (χ0n) is 9.18. The van der Waals surface area contributed by atoms with Crippen LogP contribution in [0.25, 0.3) is 0 Å². The molecule has 0 saturated heterocycles. The van der Waals surface area contributed by atoms with E-state index in [1.165, 1.54) is 5.57 Å². The Hall–Kier alpha value is -1.09. The SMILES string of the molecule is C=C(CC)CNCc1nc(C)c(C)o1. The van der Waals surface area contributed by atoms with Crippen molar-refractivity contribution in [2.75, 3.05) is 6.54 Å². The van der Waals surface area contributed by atoms with Gasteiger partial charge < -0.3 is 9.73 Å². The Morgan fingerprint density at radius 2 is 2.21 bits per heavy atom. The zero-order valence-corrected chi connectivity index (χ0v) is 9.18. The smallest absolute Gasteiger partial charge is 0.208 e. The van der Waals surface area contributed by atoms with E-state index in [-0.39, 0.29) is 0 Å². The van der Waals surface area contributed by atoms with E-state index in [1.54, 1.807) is 0 Å². The molecule has 0 aromatic carbocycles. The number of nitrogens with zero attached hydrogens (tertiary/aromatic N) is 1. The first kappa shape index (κ1) is 11.0. The number of aromatic nitrogens is 1. The van der Waals surface area contributed by atoms with Gasteiger partial charge in [0.05, 0.1) is 12.2 Å². The van der Waals surface area contributed by atoms with E-state index < -0.39 is 0 Å². The van der Waals surface area contributed by atoms with Crippen molar-refractivity contribution in [3.05, 3.63) is 29.5 Å². The fourth-order valence-electron chi connectivity index (χ4n) is 1.09. The third-order valence-electron chi connectivity index (χ3n) is 2.22. The van der Waals surface area contributed by atoms with Crippen LogP contribution < -0.4 is 5.32 Å². The van der Waals surface area contributed by atoms with E-state index in [0.717, 1.165) is 30.3 Å². The van der Waals surface area contributed by atoms with Crippen LogP contribution in [-0.4, -0.2) is 11.5 Å².